The lowest BCUT2D eigenvalue weighted by Gasteiger charge is -2.39. The lowest BCUT2D eigenvalue weighted by atomic mass is 9.75. The molecule has 1 heterocycles. The molecule has 0 saturated carbocycles. The van der Waals surface area contributed by atoms with Gasteiger partial charge in [-0.2, -0.15) is 0 Å². The van der Waals surface area contributed by atoms with Crippen molar-refractivity contribution in [3.05, 3.63) is 29.8 Å². The first-order valence-electron chi connectivity index (χ1n) is 7.24. The van der Waals surface area contributed by atoms with E-state index in [1.807, 2.05) is 31.2 Å². The topological polar surface area (TPSA) is 55.8 Å². The minimum atomic E-state index is -1.20. The number of fused-ring (bicyclic) bond motifs is 1. The Kier molecular flexibility index (Phi) is 4.65. The second-order valence-corrected chi connectivity index (χ2v) is 5.11. The van der Waals surface area contributed by atoms with Crippen LogP contribution in [0.5, 0.6) is 5.75 Å². The maximum atomic E-state index is 12.2. The summed E-state index contributed by atoms with van der Waals surface area (Å²) in [6, 6.07) is 7.38. The number of carbonyl (C=O) groups is 1. The quantitative estimate of drug-likeness (QED) is 0.841. The van der Waals surface area contributed by atoms with Crippen LogP contribution in [0.15, 0.2) is 24.3 Å². The van der Waals surface area contributed by atoms with E-state index in [0.717, 1.165) is 6.42 Å². The van der Waals surface area contributed by atoms with Crippen LogP contribution in [0.2, 0.25) is 0 Å². The van der Waals surface area contributed by atoms with Gasteiger partial charge in [0.1, 0.15) is 11.4 Å². The van der Waals surface area contributed by atoms with Crippen molar-refractivity contribution in [2.75, 3.05) is 13.2 Å². The molecule has 2 unspecified atom stereocenters. The molecule has 20 heavy (non-hydrogen) atoms. The zero-order valence-corrected chi connectivity index (χ0v) is 12.1. The van der Waals surface area contributed by atoms with Gasteiger partial charge in [-0.1, -0.05) is 31.5 Å². The Morgan fingerprint density at radius 2 is 2.20 bits per heavy atom. The lowest BCUT2D eigenvalue weighted by Crippen LogP contribution is -2.44. The molecule has 110 valence electrons. The maximum Gasteiger partial charge on any atom is 0.312 e. The van der Waals surface area contributed by atoms with Gasteiger partial charge in [0.05, 0.1) is 19.1 Å². The fraction of sp³-hybridized carbons (Fsp3) is 0.562. The minimum absolute atomic E-state index is 0.325. The molecule has 1 N–H and O–H groups in total. The van der Waals surface area contributed by atoms with Crippen molar-refractivity contribution in [1.29, 1.82) is 0 Å². The van der Waals surface area contributed by atoms with Crippen molar-refractivity contribution >= 4 is 5.97 Å². The Morgan fingerprint density at radius 3 is 2.90 bits per heavy atom. The number of rotatable bonds is 5. The van der Waals surface area contributed by atoms with Crippen LogP contribution in [0, 0.1) is 5.92 Å². The highest BCUT2D eigenvalue weighted by molar-refractivity contribution is 5.74. The molecular formula is C16H22O4. The zero-order valence-electron chi connectivity index (χ0n) is 12.1. The van der Waals surface area contributed by atoms with Crippen LogP contribution in [-0.2, 0) is 15.1 Å². The minimum Gasteiger partial charge on any atom is -0.493 e. The van der Waals surface area contributed by atoms with Gasteiger partial charge in [-0.3, -0.25) is 4.79 Å². The van der Waals surface area contributed by atoms with E-state index in [1.165, 1.54) is 0 Å². The molecule has 0 amide bonds. The molecule has 0 spiro atoms. The Labute approximate surface area is 119 Å². The van der Waals surface area contributed by atoms with E-state index in [-0.39, 0.29) is 5.97 Å². The molecule has 1 aliphatic heterocycles. The summed E-state index contributed by atoms with van der Waals surface area (Å²) in [6.07, 6.45) is 1.83. The highest BCUT2D eigenvalue weighted by Gasteiger charge is 2.46. The molecule has 2 atom stereocenters. The molecule has 4 heteroatoms. The average molecular weight is 278 g/mol. The number of ether oxygens (including phenoxy) is 2. The predicted molar refractivity (Wildman–Crippen MR) is 75.5 cm³/mol. The first kappa shape index (κ1) is 14.9. The Bertz CT molecular complexity index is 471. The Morgan fingerprint density at radius 1 is 1.45 bits per heavy atom. The SMILES string of the molecule is CCCC(C(=O)OCC)C1(O)CCOc2ccccc21. The van der Waals surface area contributed by atoms with E-state index >= 15 is 0 Å². The first-order valence-corrected chi connectivity index (χ1v) is 7.24. The molecule has 0 aliphatic carbocycles. The van der Waals surface area contributed by atoms with Crippen LogP contribution in [0.25, 0.3) is 0 Å². The number of hydrogen-bond acceptors (Lipinski definition) is 4. The van der Waals surface area contributed by atoms with Crippen molar-refractivity contribution in [2.45, 2.75) is 38.7 Å². The molecule has 0 aromatic heterocycles. The molecule has 2 rings (SSSR count). The first-order chi connectivity index (χ1) is 9.63. The van der Waals surface area contributed by atoms with E-state index in [2.05, 4.69) is 0 Å². The van der Waals surface area contributed by atoms with Gasteiger partial charge in [0.25, 0.3) is 0 Å². The summed E-state index contributed by atoms with van der Waals surface area (Å²) in [5.74, 6) is -0.210. The van der Waals surface area contributed by atoms with Crippen LogP contribution in [0.4, 0.5) is 0 Å². The summed E-state index contributed by atoms with van der Waals surface area (Å²) in [4.78, 5) is 12.2. The van der Waals surface area contributed by atoms with E-state index in [4.69, 9.17) is 9.47 Å². The number of esters is 1. The number of carbonyl (C=O) groups excluding carboxylic acids is 1. The molecule has 1 aromatic rings. The smallest absolute Gasteiger partial charge is 0.312 e. The lowest BCUT2D eigenvalue weighted by molar-refractivity contribution is -0.162. The predicted octanol–water partition coefficient (Wildman–Crippen LogP) is 2.64. The van der Waals surface area contributed by atoms with Gasteiger partial charge in [0.15, 0.2) is 0 Å². The molecule has 0 fully saturated rings. The van der Waals surface area contributed by atoms with Crippen LogP contribution < -0.4 is 4.74 Å². The number of benzene rings is 1. The Hall–Kier alpha value is -1.55. The molecular weight excluding hydrogens is 256 g/mol. The molecule has 0 bridgehead atoms. The fourth-order valence-corrected chi connectivity index (χ4v) is 2.85. The second-order valence-electron chi connectivity index (χ2n) is 5.11. The van der Waals surface area contributed by atoms with Crippen LogP contribution in [0.1, 0.15) is 38.7 Å². The summed E-state index contributed by atoms with van der Waals surface area (Å²) in [5, 5.41) is 11.1. The molecule has 1 aromatic carbocycles. The highest BCUT2D eigenvalue weighted by atomic mass is 16.5. The van der Waals surface area contributed by atoms with Crippen molar-refractivity contribution in [2.24, 2.45) is 5.92 Å². The number of aliphatic hydroxyl groups is 1. The molecule has 0 radical (unpaired) electrons. The third-order valence-corrected chi connectivity index (χ3v) is 3.82. The summed E-state index contributed by atoms with van der Waals surface area (Å²) >= 11 is 0. The average Bonchev–Trinajstić information content (AvgIpc) is 2.45. The van der Waals surface area contributed by atoms with Crippen molar-refractivity contribution in [3.8, 4) is 5.75 Å². The highest BCUT2D eigenvalue weighted by Crippen LogP contribution is 2.43. The van der Waals surface area contributed by atoms with Gasteiger partial charge in [0, 0.05) is 12.0 Å². The third-order valence-electron chi connectivity index (χ3n) is 3.82. The Balaban J connectivity index is 2.39. The molecule has 1 aliphatic rings. The zero-order chi connectivity index (χ0) is 14.6. The number of para-hydroxylation sites is 1. The monoisotopic (exact) mass is 278 g/mol. The van der Waals surface area contributed by atoms with Gasteiger partial charge in [-0.05, 0) is 19.4 Å². The van der Waals surface area contributed by atoms with E-state index in [0.29, 0.717) is 37.4 Å². The summed E-state index contributed by atoms with van der Waals surface area (Å²) < 4.78 is 10.7. The van der Waals surface area contributed by atoms with Gasteiger partial charge in [0.2, 0.25) is 0 Å². The van der Waals surface area contributed by atoms with Gasteiger partial charge in [-0.25, -0.2) is 0 Å². The third kappa shape index (κ3) is 2.66. The van der Waals surface area contributed by atoms with Gasteiger partial charge in [-0.15, -0.1) is 0 Å². The maximum absolute atomic E-state index is 12.2. The van der Waals surface area contributed by atoms with E-state index < -0.39 is 11.5 Å². The summed E-state index contributed by atoms with van der Waals surface area (Å²) in [7, 11) is 0. The summed E-state index contributed by atoms with van der Waals surface area (Å²) in [6.45, 7) is 4.52. The van der Waals surface area contributed by atoms with E-state index in [1.54, 1.807) is 6.92 Å². The molecule has 0 saturated heterocycles. The van der Waals surface area contributed by atoms with E-state index in [9.17, 15) is 9.90 Å². The second kappa shape index (κ2) is 6.27. The standard InChI is InChI=1S/C16H22O4/c1-3-7-13(15(17)19-4-2)16(18)10-11-20-14-9-6-5-8-12(14)16/h5-6,8-9,13,18H,3-4,7,10-11H2,1-2H3. The van der Waals surface area contributed by atoms with Crippen molar-refractivity contribution in [1.82, 2.24) is 0 Å². The van der Waals surface area contributed by atoms with Crippen molar-refractivity contribution in [3.63, 3.8) is 0 Å². The van der Waals surface area contributed by atoms with Crippen LogP contribution in [0.3, 0.4) is 0 Å². The van der Waals surface area contributed by atoms with Gasteiger partial charge < -0.3 is 14.6 Å². The van der Waals surface area contributed by atoms with Crippen molar-refractivity contribution < 1.29 is 19.4 Å². The fourth-order valence-electron chi connectivity index (χ4n) is 2.85. The molecule has 4 nitrogen and oxygen atoms in total. The number of hydrogen-bond donors (Lipinski definition) is 1. The largest absolute Gasteiger partial charge is 0.493 e. The normalized spacial score (nSPS) is 22.6. The van der Waals surface area contributed by atoms with Gasteiger partial charge >= 0.3 is 5.97 Å². The van der Waals surface area contributed by atoms with Crippen LogP contribution >= 0.6 is 0 Å². The summed E-state index contributed by atoms with van der Waals surface area (Å²) in [5.41, 5.74) is -0.505. The van der Waals surface area contributed by atoms with Crippen LogP contribution in [-0.4, -0.2) is 24.3 Å².